The number of aliphatic hydroxyl groups is 6. The number of hydrogen-bond donors (Lipinski definition) is 20. The van der Waals surface area contributed by atoms with E-state index in [1.54, 1.807) is 45.0 Å². The van der Waals surface area contributed by atoms with Crippen molar-refractivity contribution in [1.29, 1.82) is 0 Å². The van der Waals surface area contributed by atoms with E-state index in [4.69, 9.17) is 62.2 Å². The number of nitrogens with two attached hydrogens (primary N) is 1. The van der Waals surface area contributed by atoms with Crippen molar-refractivity contribution in [2.24, 2.45) is 11.7 Å². The van der Waals surface area contributed by atoms with Gasteiger partial charge in [-0.15, -0.1) is 13.2 Å². The normalized spacial score (nSPS) is 26.0. The average Bonchev–Trinajstić information content (AvgIpc) is 0.761. The van der Waals surface area contributed by atoms with Crippen LogP contribution in [-0.4, -0.2) is 205 Å². The van der Waals surface area contributed by atoms with Gasteiger partial charge in [-0.2, -0.15) is 0 Å². The van der Waals surface area contributed by atoms with Crippen LogP contribution in [0.15, 0.2) is 127 Å². The summed E-state index contributed by atoms with van der Waals surface area (Å²) in [4.78, 5) is 138. The van der Waals surface area contributed by atoms with Crippen molar-refractivity contribution in [3.05, 3.63) is 176 Å². The fourth-order valence-corrected chi connectivity index (χ4v) is 15.4. The molecule has 7 aliphatic heterocycles. The molecule has 7 aromatic rings. The number of amides is 9. The van der Waals surface area contributed by atoms with Gasteiger partial charge in [-0.1, -0.05) is 67.4 Å². The molecule has 0 spiro atoms. The smallest absolute Gasteiger partial charge is 0.508 e. The summed E-state index contributed by atoms with van der Waals surface area (Å²) >= 11 is 14.4. The van der Waals surface area contributed by atoms with E-state index in [-0.39, 0.29) is 65.6 Å². The minimum atomic E-state index is -4.97. The lowest BCUT2D eigenvalue weighted by Crippen LogP contribution is -2.65. The Kier molecular flexibility index (Phi) is 28.7. The second-order valence-electron chi connectivity index (χ2n) is 30.8. The van der Waals surface area contributed by atoms with Gasteiger partial charge in [0.1, 0.15) is 101 Å². The monoisotopic (exact) mass is 1780 g/mol. The van der Waals surface area contributed by atoms with Gasteiger partial charge in [-0.05, 0) is 165 Å². The van der Waals surface area contributed by atoms with Crippen LogP contribution in [0.5, 0.6) is 51.7 Å². The van der Waals surface area contributed by atoms with Crippen LogP contribution in [0, 0.1) is 5.92 Å². The van der Waals surface area contributed by atoms with E-state index in [1.807, 2.05) is 0 Å². The van der Waals surface area contributed by atoms with Crippen LogP contribution < -0.4 is 78.0 Å². The molecule has 21 N–H and O–H groups in total. The second kappa shape index (κ2) is 38.8. The number of halogens is 5. The first-order chi connectivity index (χ1) is 59.2. The summed E-state index contributed by atoms with van der Waals surface area (Å²) in [5, 5.41) is 129. The Morgan fingerprint density at radius 3 is 1.97 bits per heavy atom. The molecule has 18 atom stereocenters. The van der Waals surface area contributed by atoms with Gasteiger partial charge in [-0.3, -0.25) is 48.0 Å². The van der Waals surface area contributed by atoms with Crippen LogP contribution in [0.1, 0.15) is 128 Å². The molecule has 0 aliphatic carbocycles. The summed E-state index contributed by atoms with van der Waals surface area (Å²) < 4.78 is 82.0. The molecule has 14 rings (SSSR count). The van der Waals surface area contributed by atoms with Crippen molar-refractivity contribution in [3.63, 3.8) is 0 Å². The third kappa shape index (κ3) is 21.3. The maximum Gasteiger partial charge on any atom is 0.573 e. The predicted octanol–water partition coefficient (Wildman–Crippen LogP) is 4.07. The number of primary amides is 1. The van der Waals surface area contributed by atoms with Crippen LogP contribution in [0.3, 0.4) is 0 Å². The number of phenolic OH excluding ortho intramolecular Hbond substituents is 3. The van der Waals surface area contributed by atoms with E-state index in [0.29, 0.717) is 5.56 Å². The number of anilines is 1. The number of ether oxygens (including phenoxy) is 7. The molecule has 37 nitrogen and oxygen atoms in total. The van der Waals surface area contributed by atoms with Gasteiger partial charge in [0, 0.05) is 46.9 Å². The number of aliphatic hydroxyl groups excluding tert-OH is 6. The third-order valence-corrected chi connectivity index (χ3v) is 21.9. The van der Waals surface area contributed by atoms with Crippen LogP contribution in [0.2, 0.25) is 10.0 Å². The number of fused-ring (bicyclic) bond motifs is 15. The number of aromatic hydroxyl groups is 3. The zero-order chi connectivity index (χ0) is 90.5. The highest BCUT2D eigenvalue weighted by Gasteiger charge is 2.53. The number of alkyl halides is 3. The van der Waals surface area contributed by atoms with Gasteiger partial charge in [0.2, 0.25) is 53.4 Å². The van der Waals surface area contributed by atoms with Gasteiger partial charge in [0.05, 0.1) is 47.9 Å². The summed E-state index contributed by atoms with van der Waals surface area (Å²) in [5.74, 6) is -16.8. The van der Waals surface area contributed by atoms with Gasteiger partial charge in [0.25, 0.3) is 11.8 Å². The van der Waals surface area contributed by atoms with Crippen molar-refractivity contribution in [1.82, 2.24) is 48.0 Å². The van der Waals surface area contributed by atoms with Crippen molar-refractivity contribution in [2.45, 2.75) is 176 Å². The molecule has 18 unspecified atom stereocenters. The largest absolute Gasteiger partial charge is 0.573 e. The zero-order valence-electron chi connectivity index (χ0n) is 67.2. The number of hydrogen-bond acceptors (Lipinski definition) is 28. The molecule has 125 heavy (non-hydrogen) atoms. The molecular formula is C83H90Cl2F3N11O26. The van der Waals surface area contributed by atoms with Crippen LogP contribution in [0.25, 0.3) is 11.1 Å². The molecule has 0 aromatic heterocycles. The molecule has 7 heterocycles. The van der Waals surface area contributed by atoms with E-state index in [2.05, 4.69) is 58.1 Å². The van der Waals surface area contributed by atoms with Gasteiger partial charge < -0.3 is 133 Å². The standard InChI is InChI=1S/C83H90Cl2F3N11O26/c1-7-118-99-80(117)63-46-28-43(101)29-52(103)60(46)45-23-38(13-18-51(45)102)61-76(113)98-65(79(116)96-63)67(106)40-15-20-54(48(85)25-40)121-56-27-41-26-55(120-53-19-14-39(24-47(53)84)66(105)64(97-74(111)49(90-6)21-34(2)3)78(115)93-50(30-58(89)104)75(112)94-62(41)77(114)95-61)70(56)124-81-71(69(108)68(107)57(33-100)122-81)123-59-31-82(5,72(109)35(4)119-59)91-32-36-9-8-10-42(22-36)92-73(110)37-11-16-44(17-12-37)125-83(86,87)88/h8-20,22-29,34-35,49-50,57,59,61-69,71-72,81,90-91,100-103,105-109H,7,21,30-33H2,1-6H3,(H2,89,104)(H,92,110)(H,93,115)(H,94,112)(H,95,114)(H,96,116)(H,97,111)(H,98,113)(H,99,117). The molecule has 9 amide bonds. The van der Waals surface area contributed by atoms with E-state index in [1.165, 1.54) is 33.0 Å². The zero-order valence-corrected chi connectivity index (χ0v) is 68.7. The third-order valence-electron chi connectivity index (χ3n) is 21.3. The van der Waals surface area contributed by atoms with E-state index in [0.717, 1.165) is 91.0 Å². The number of benzene rings is 7. The molecule has 2 fully saturated rings. The Balaban J connectivity index is 1.01. The van der Waals surface area contributed by atoms with Crippen LogP contribution in [-0.2, 0) is 63.9 Å². The number of rotatable bonds is 21. The van der Waals surface area contributed by atoms with Crippen molar-refractivity contribution >= 4 is 82.1 Å². The lowest BCUT2D eigenvalue weighted by atomic mass is 9.84. The quantitative estimate of drug-likeness (QED) is 0.0451. The molecule has 668 valence electrons. The number of hydroxylamine groups is 1. The minimum Gasteiger partial charge on any atom is -0.508 e. The number of nitrogens with one attached hydrogen (secondary N) is 10. The summed E-state index contributed by atoms with van der Waals surface area (Å²) in [6.45, 7) is 6.97. The number of phenols is 3. The molecule has 7 aliphatic rings. The summed E-state index contributed by atoms with van der Waals surface area (Å²) in [6, 6.07) is 10.0. The van der Waals surface area contributed by atoms with Crippen molar-refractivity contribution in [2.75, 3.05) is 25.6 Å². The Morgan fingerprint density at radius 2 is 1.34 bits per heavy atom. The lowest BCUT2D eigenvalue weighted by Gasteiger charge is -2.48. The van der Waals surface area contributed by atoms with E-state index in [9.17, 15) is 78.3 Å². The second-order valence-corrected chi connectivity index (χ2v) is 31.6. The highest BCUT2D eigenvalue weighted by molar-refractivity contribution is 6.32. The highest BCUT2D eigenvalue weighted by Crippen LogP contribution is 2.50. The van der Waals surface area contributed by atoms with Gasteiger partial charge >= 0.3 is 6.36 Å². The minimum absolute atomic E-state index is 0.00968. The number of carbonyl (C=O) groups is 9. The Hall–Kier alpha value is -11.7. The predicted molar refractivity (Wildman–Crippen MR) is 432 cm³/mol. The van der Waals surface area contributed by atoms with E-state index < -0.39 is 260 Å². The topological polar surface area (TPSA) is 556 Å². The highest BCUT2D eigenvalue weighted by atomic mass is 35.5. The molecule has 7 aromatic carbocycles. The van der Waals surface area contributed by atoms with Gasteiger partial charge in [-0.25, -0.2) is 5.48 Å². The summed E-state index contributed by atoms with van der Waals surface area (Å²) in [7, 11) is 1.46. The number of carbonyl (C=O) groups excluding carboxylic acids is 9. The van der Waals surface area contributed by atoms with Gasteiger partial charge in [0.15, 0.2) is 23.9 Å². The Labute approximate surface area is 719 Å². The lowest BCUT2D eigenvalue weighted by molar-refractivity contribution is -0.334. The van der Waals surface area contributed by atoms with E-state index >= 15 is 24.0 Å². The first kappa shape index (κ1) is 92.4. The molecule has 0 saturated carbocycles. The molecule has 11 bridgehead atoms. The van der Waals surface area contributed by atoms with Crippen molar-refractivity contribution < 1.29 is 140 Å². The maximum atomic E-state index is 16.3. The Bertz CT molecular complexity index is 5260. The Morgan fingerprint density at radius 1 is 0.704 bits per heavy atom. The summed E-state index contributed by atoms with van der Waals surface area (Å²) in [6.07, 6.45) is -24.6. The molecule has 0 radical (unpaired) electrons. The average molecular weight is 1790 g/mol. The molecular weight excluding hydrogens is 1690 g/mol. The fraction of sp³-hybridized carbons (Fsp3) is 0.386. The molecule has 42 heteroatoms. The molecule has 2 saturated heterocycles. The van der Waals surface area contributed by atoms with Crippen LogP contribution >= 0.6 is 23.2 Å². The maximum absolute atomic E-state index is 16.3. The first-order valence-corrected chi connectivity index (χ1v) is 39.8. The fourth-order valence-electron chi connectivity index (χ4n) is 14.9. The van der Waals surface area contributed by atoms with Crippen molar-refractivity contribution in [3.8, 4) is 62.9 Å². The first-order valence-electron chi connectivity index (χ1n) is 39.1. The number of likely N-dealkylation sites (N-methyl/N-ethyl adjacent to an activating group) is 1. The summed E-state index contributed by atoms with van der Waals surface area (Å²) in [5.41, 5.74) is 4.58. The SMILES string of the molecule is CCONC(=O)C1NC(=O)C2NC(=O)C(NC(=O)C3NC(=O)C(CC(N)=O)NC(=O)C(NC(=O)C(CC(C)C)NC)C(O)c4ccc(c(Cl)c4)Oc4cc3cc(c4OC3OC(CO)C(O)C(O)C3OC3CC(C)(NCc4cccc(NC(=O)c5ccc(OC(F)(F)F)cc5)c4)C(O)C(C)O3)Oc3ccc(cc3Cl)C2O)c2ccc(O)c(c2)-c2c(O)cc(O)cc21. The van der Waals surface area contributed by atoms with Crippen LogP contribution in [0.4, 0.5) is 18.9 Å².